The highest BCUT2D eigenvalue weighted by molar-refractivity contribution is 5.99. The summed E-state index contributed by atoms with van der Waals surface area (Å²) in [6.45, 7) is 1.89. The molecule has 2 aromatic carbocycles. The lowest BCUT2D eigenvalue weighted by molar-refractivity contribution is -0.384. The Morgan fingerprint density at radius 1 is 1.23 bits per heavy atom. The fourth-order valence-corrected chi connectivity index (χ4v) is 1.97. The van der Waals surface area contributed by atoms with Crippen molar-refractivity contribution in [3.8, 4) is 5.75 Å². The van der Waals surface area contributed by atoms with Gasteiger partial charge >= 0.3 is 0 Å². The Bertz CT molecular complexity index is 696. The second kappa shape index (κ2) is 6.71. The highest BCUT2D eigenvalue weighted by atomic mass is 16.6. The lowest BCUT2D eigenvalue weighted by Crippen LogP contribution is -2.14. The van der Waals surface area contributed by atoms with Crippen LogP contribution in [-0.4, -0.2) is 24.4 Å². The number of nitrogens with one attached hydrogen (secondary N) is 1. The van der Waals surface area contributed by atoms with Gasteiger partial charge in [-0.05, 0) is 36.8 Å². The number of methoxy groups -OCH3 is 1. The number of carbonyl (C=O) groups excluding carboxylic acids is 1. The SMILES string of the molecule is COc1ccc(C(=O)CNc2cc([N+](=O)[O-])ccc2C)cc1. The number of hydrogen-bond acceptors (Lipinski definition) is 5. The molecule has 0 saturated heterocycles. The minimum absolute atomic E-state index is 0.00926. The number of nitro benzene ring substituents is 1. The van der Waals surface area contributed by atoms with E-state index in [1.54, 1.807) is 37.4 Å². The van der Waals surface area contributed by atoms with Gasteiger partial charge in [-0.15, -0.1) is 0 Å². The maximum atomic E-state index is 12.1. The molecule has 0 spiro atoms. The highest BCUT2D eigenvalue weighted by Crippen LogP contribution is 2.22. The van der Waals surface area contributed by atoms with Crippen LogP contribution < -0.4 is 10.1 Å². The van der Waals surface area contributed by atoms with Gasteiger partial charge in [0.1, 0.15) is 5.75 Å². The third-order valence-electron chi connectivity index (χ3n) is 3.28. The normalized spacial score (nSPS) is 10.1. The predicted octanol–water partition coefficient (Wildman–Crippen LogP) is 3.21. The smallest absolute Gasteiger partial charge is 0.271 e. The lowest BCUT2D eigenvalue weighted by atomic mass is 10.1. The van der Waals surface area contributed by atoms with Crippen LogP contribution in [0.4, 0.5) is 11.4 Å². The van der Waals surface area contributed by atoms with Crippen molar-refractivity contribution in [1.82, 2.24) is 0 Å². The minimum Gasteiger partial charge on any atom is -0.497 e. The number of anilines is 1. The molecular formula is C16H16N2O4. The van der Waals surface area contributed by atoms with Gasteiger partial charge in [-0.3, -0.25) is 14.9 Å². The van der Waals surface area contributed by atoms with Crippen LogP contribution in [-0.2, 0) is 0 Å². The Morgan fingerprint density at radius 2 is 1.91 bits per heavy atom. The molecule has 0 amide bonds. The first-order chi connectivity index (χ1) is 10.5. The fourth-order valence-electron chi connectivity index (χ4n) is 1.97. The van der Waals surface area contributed by atoms with Gasteiger partial charge in [-0.2, -0.15) is 0 Å². The molecule has 0 bridgehead atoms. The van der Waals surface area contributed by atoms with Crippen LogP contribution in [0.2, 0.25) is 0 Å². The molecule has 0 atom stereocenters. The van der Waals surface area contributed by atoms with Gasteiger partial charge in [0.15, 0.2) is 5.78 Å². The summed E-state index contributed by atoms with van der Waals surface area (Å²) in [5.41, 5.74) is 1.96. The van der Waals surface area contributed by atoms with Crippen molar-refractivity contribution in [2.45, 2.75) is 6.92 Å². The van der Waals surface area contributed by atoms with E-state index in [0.29, 0.717) is 17.0 Å². The largest absolute Gasteiger partial charge is 0.497 e. The van der Waals surface area contributed by atoms with Crippen LogP contribution in [0.15, 0.2) is 42.5 Å². The van der Waals surface area contributed by atoms with Gasteiger partial charge in [0.2, 0.25) is 0 Å². The van der Waals surface area contributed by atoms with Gasteiger partial charge in [-0.25, -0.2) is 0 Å². The summed E-state index contributed by atoms with van der Waals surface area (Å²) in [6, 6.07) is 11.3. The van der Waals surface area contributed by atoms with Gasteiger partial charge in [-0.1, -0.05) is 6.07 Å². The van der Waals surface area contributed by atoms with Crippen molar-refractivity contribution < 1.29 is 14.5 Å². The number of non-ortho nitro benzene ring substituents is 1. The Hall–Kier alpha value is -2.89. The number of ether oxygens (including phenoxy) is 1. The van der Waals surface area contributed by atoms with E-state index in [0.717, 1.165) is 5.56 Å². The summed E-state index contributed by atoms with van der Waals surface area (Å²) < 4.78 is 5.04. The summed E-state index contributed by atoms with van der Waals surface area (Å²) in [5.74, 6) is 0.576. The molecule has 6 heteroatoms. The highest BCUT2D eigenvalue weighted by Gasteiger charge is 2.10. The molecule has 22 heavy (non-hydrogen) atoms. The van der Waals surface area contributed by atoms with Gasteiger partial charge in [0.05, 0.1) is 18.6 Å². The number of aryl methyl sites for hydroxylation is 1. The number of hydrogen-bond donors (Lipinski definition) is 1. The standard InChI is InChI=1S/C16H16N2O4/c1-11-3-6-13(18(20)21)9-15(11)17-10-16(19)12-4-7-14(22-2)8-5-12/h3-9,17H,10H2,1-2H3. The van der Waals surface area contributed by atoms with Crippen LogP contribution in [0.3, 0.4) is 0 Å². The molecular weight excluding hydrogens is 284 g/mol. The van der Waals surface area contributed by atoms with Crippen molar-refractivity contribution in [3.05, 3.63) is 63.7 Å². The van der Waals surface area contributed by atoms with E-state index in [-0.39, 0.29) is 18.0 Å². The molecule has 2 rings (SSSR count). The second-order valence-corrected chi connectivity index (χ2v) is 4.76. The van der Waals surface area contributed by atoms with E-state index < -0.39 is 4.92 Å². The quantitative estimate of drug-likeness (QED) is 0.503. The summed E-state index contributed by atoms with van der Waals surface area (Å²) in [5, 5.41) is 13.7. The van der Waals surface area contributed by atoms with Gasteiger partial charge in [0.25, 0.3) is 5.69 Å². The Morgan fingerprint density at radius 3 is 2.50 bits per heavy atom. The van der Waals surface area contributed by atoms with Crippen molar-refractivity contribution in [1.29, 1.82) is 0 Å². The zero-order valence-electron chi connectivity index (χ0n) is 12.3. The molecule has 0 heterocycles. The molecule has 0 fully saturated rings. The molecule has 0 aromatic heterocycles. The van der Waals surface area contributed by atoms with E-state index in [1.165, 1.54) is 12.1 Å². The number of nitrogens with zero attached hydrogens (tertiary/aromatic N) is 1. The molecule has 0 aliphatic heterocycles. The van der Waals surface area contributed by atoms with Crippen LogP contribution in [0.25, 0.3) is 0 Å². The van der Waals surface area contributed by atoms with Crippen LogP contribution in [0, 0.1) is 17.0 Å². The Kier molecular flexibility index (Phi) is 4.73. The monoisotopic (exact) mass is 300 g/mol. The second-order valence-electron chi connectivity index (χ2n) is 4.76. The topological polar surface area (TPSA) is 81.5 Å². The Labute approximate surface area is 127 Å². The molecule has 2 aromatic rings. The third kappa shape index (κ3) is 3.60. The first-order valence-electron chi connectivity index (χ1n) is 6.67. The van der Waals surface area contributed by atoms with E-state index in [4.69, 9.17) is 4.74 Å². The number of Topliss-reactive ketones (excluding diaryl/α,β-unsaturated/α-hetero) is 1. The van der Waals surface area contributed by atoms with E-state index >= 15 is 0 Å². The van der Waals surface area contributed by atoms with Crippen molar-refractivity contribution in [2.75, 3.05) is 19.0 Å². The number of rotatable bonds is 6. The number of carbonyl (C=O) groups is 1. The van der Waals surface area contributed by atoms with Crippen LogP contribution >= 0.6 is 0 Å². The molecule has 0 unspecified atom stereocenters. The molecule has 0 aliphatic carbocycles. The molecule has 1 N–H and O–H groups in total. The zero-order chi connectivity index (χ0) is 16.1. The van der Waals surface area contributed by atoms with Crippen molar-refractivity contribution in [3.63, 3.8) is 0 Å². The van der Waals surface area contributed by atoms with Crippen molar-refractivity contribution in [2.24, 2.45) is 0 Å². The zero-order valence-corrected chi connectivity index (χ0v) is 12.3. The summed E-state index contributed by atoms with van der Waals surface area (Å²) >= 11 is 0. The maximum Gasteiger partial charge on any atom is 0.271 e. The van der Waals surface area contributed by atoms with E-state index in [2.05, 4.69) is 5.32 Å². The summed E-state index contributed by atoms with van der Waals surface area (Å²) in [7, 11) is 1.56. The fraction of sp³-hybridized carbons (Fsp3) is 0.188. The van der Waals surface area contributed by atoms with Gasteiger partial charge < -0.3 is 10.1 Å². The minimum atomic E-state index is -0.462. The third-order valence-corrected chi connectivity index (χ3v) is 3.28. The molecule has 0 radical (unpaired) electrons. The summed E-state index contributed by atoms with van der Waals surface area (Å²) in [4.78, 5) is 22.4. The summed E-state index contributed by atoms with van der Waals surface area (Å²) in [6.07, 6.45) is 0. The predicted molar refractivity (Wildman–Crippen MR) is 83.6 cm³/mol. The Balaban J connectivity index is 2.07. The molecule has 0 aliphatic rings. The first-order valence-corrected chi connectivity index (χ1v) is 6.67. The lowest BCUT2D eigenvalue weighted by Gasteiger charge is -2.09. The molecule has 114 valence electrons. The van der Waals surface area contributed by atoms with Crippen LogP contribution in [0.5, 0.6) is 5.75 Å². The average Bonchev–Trinajstić information content (AvgIpc) is 2.53. The maximum absolute atomic E-state index is 12.1. The molecule has 0 saturated carbocycles. The van der Waals surface area contributed by atoms with Gasteiger partial charge in [0, 0.05) is 23.4 Å². The van der Waals surface area contributed by atoms with Crippen molar-refractivity contribution >= 4 is 17.2 Å². The van der Waals surface area contributed by atoms with E-state index in [1.807, 2.05) is 6.92 Å². The van der Waals surface area contributed by atoms with E-state index in [9.17, 15) is 14.9 Å². The first kappa shape index (κ1) is 15.5. The van der Waals surface area contributed by atoms with Crippen LogP contribution in [0.1, 0.15) is 15.9 Å². The number of nitro groups is 1. The number of benzene rings is 2. The molecule has 6 nitrogen and oxygen atoms in total. The number of ketones is 1. The average molecular weight is 300 g/mol.